The van der Waals surface area contributed by atoms with Gasteiger partial charge in [-0.2, -0.15) is 0 Å². The highest BCUT2D eigenvalue weighted by molar-refractivity contribution is 4.89. The zero-order chi connectivity index (χ0) is 12.9. The second-order valence-electron chi connectivity index (χ2n) is 6.01. The Labute approximate surface area is 108 Å². The minimum absolute atomic E-state index is 0.321. The lowest BCUT2D eigenvalue weighted by molar-refractivity contribution is 0.0348. The Kier molecular flexibility index (Phi) is 5.90. The van der Waals surface area contributed by atoms with Crippen molar-refractivity contribution in [3.63, 3.8) is 0 Å². The van der Waals surface area contributed by atoms with Crippen LogP contribution in [0.2, 0.25) is 0 Å². The molecule has 0 aromatic carbocycles. The van der Waals surface area contributed by atoms with Gasteiger partial charge in [-0.25, -0.2) is 0 Å². The molecule has 102 valence electrons. The van der Waals surface area contributed by atoms with E-state index in [0.29, 0.717) is 11.6 Å². The maximum absolute atomic E-state index is 3.61. The van der Waals surface area contributed by atoms with E-state index in [0.717, 1.165) is 6.54 Å². The van der Waals surface area contributed by atoms with E-state index < -0.39 is 0 Å². The van der Waals surface area contributed by atoms with Crippen LogP contribution in [0.5, 0.6) is 0 Å². The number of nitrogens with zero attached hydrogens (tertiary/aromatic N) is 2. The molecule has 1 N–H and O–H groups in total. The number of hydrogen-bond acceptors (Lipinski definition) is 3. The first-order valence-corrected chi connectivity index (χ1v) is 7.16. The number of rotatable bonds is 6. The maximum Gasteiger partial charge on any atom is 0.0277 e. The molecule has 1 aliphatic heterocycles. The molecule has 0 bridgehead atoms. The van der Waals surface area contributed by atoms with E-state index in [1.165, 1.54) is 39.0 Å². The summed E-state index contributed by atoms with van der Waals surface area (Å²) >= 11 is 0. The van der Waals surface area contributed by atoms with Crippen LogP contribution in [0.3, 0.4) is 0 Å². The third kappa shape index (κ3) is 4.57. The highest BCUT2D eigenvalue weighted by atomic mass is 15.3. The minimum atomic E-state index is 0.321. The molecule has 1 unspecified atom stereocenters. The average molecular weight is 241 g/mol. The van der Waals surface area contributed by atoms with Crippen LogP contribution >= 0.6 is 0 Å². The monoisotopic (exact) mass is 241 g/mol. The molecule has 1 aliphatic rings. The zero-order valence-corrected chi connectivity index (χ0v) is 12.4. The van der Waals surface area contributed by atoms with E-state index in [2.05, 4.69) is 49.9 Å². The Morgan fingerprint density at radius 3 is 2.47 bits per heavy atom. The molecule has 3 nitrogen and oxygen atoms in total. The summed E-state index contributed by atoms with van der Waals surface area (Å²) in [5, 5.41) is 3.61. The summed E-state index contributed by atoms with van der Waals surface area (Å²) in [4.78, 5) is 5.11. The highest BCUT2D eigenvalue weighted by Crippen LogP contribution is 2.19. The van der Waals surface area contributed by atoms with Gasteiger partial charge in [0.15, 0.2) is 0 Å². The summed E-state index contributed by atoms with van der Waals surface area (Å²) in [5.41, 5.74) is 0.321. The third-order valence-corrected chi connectivity index (χ3v) is 4.00. The predicted octanol–water partition coefficient (Wildman–Crippen LogP) is 1.79. The summed E-state index contributed by atoms with van der Waals surface area (Å²) in [7, 11) is 2.24. The van der Waals surface area contributed by atoms with E-state index in [4.69, 9.17) is 0 Å². The van der Waals surface area contributed by atoms with Gasteiger partial charge in [-0.3, -0.25) is 9.80 Å². The molecule has 1 saturated heterocycles. The molecule has 3 heteroatoms. The molecular formula is C14H31N3. The molecule has 0 spiro atoms. The van der Waals surface area contributed by atoms with Crippen molar-refractivity contribution in [2.75, 3.05) is 39.8 Å². The second-order valence-corrected chi connectivity index (χ2v) is 6.01. The molecule has 1 atom stereocenters. The van der Waals surface area contributed by atoms with E-state index in [9.17, 15) is 0 Å². The van der Waals surface area contributed by atoms with E-state index in [1.807, 2.05) is 0 Å². The van der Waals surface area contributed by atoms with Gasteiger partial charge in [-0.05, 0) is 33.9 Å². The fourth-order valence-electron chi connectivity index (χ4n) is 2.70. The van der Waals surface area contributed by atoms with Crippen molar-refractivity contribution in [1.82, 2.24) is 15.1 Å². The topological polar surface area (TPSA) is 18.5 Å². The van der Waals surface area contributed by atoms with Gasteiger partial charge in [-0.1, -0.05) is 20.3 Å². The van der Waals surface area contributed by atoms with Crippen molar-refractivity contribution in [2.45, 2.75) is 52.1 Å². The average Bonchev–Trinajstić information content (AvgIpc) is 2.24. The van der Waals surface area contributed by atoms with Gasteiger partial charge >= 0.3 is 0 Å². The SMILES string of the molecule is CCCC(CN1CCN(C)C(C)(C)C1)NCC. The largest absolute Gasteiger partial charge is 0.313 e. The van der Waals surface area contributed by atoms with Gasteiger partial charge in [0.25, 0.3) is 0 Å². The van der Waals surface area contributed by atoms with Gasteiger partial charge in [0, 0.05) is 37.8 Å². The summed E-state index contributed by atoms with van der Waals surface area (Å²) in [6.45, 7) is 15.1. The Hall–Kier alpha value is -0.120. The summed E-state index contributed by atoms with van der Waals surface area (Å²) in [5.74, 6) is 0. The number of hydrogen-bond donors (Lipinski definition) is 1. The summed E-state index contributed by atoms with van der Waals surface area (Å²) < 4.78 is 0. The highest BCUT2D eigenvalue weighted by Gasteiger charge is 2.31. The van der Waals surface area contributed by atoms with Crippen LogP contribution in [0, 0.1) is 0 Å². The lowest BCUT2D eigenvalue weighted by Gasteiger charge is -2.46. The van der Waals surface area contributed by atoms with Crippen molar-refractivity contribution in [3.05, 3.63) is 0 Å². The van der Waals surface area contributed by atoms with Crippen molar-refractivity contribution in [2.24, 2.45) is 0 Å². The first-order chi connectivity index (χ1) is 7.99. The fraction of sp³-hybridized carbons (Fsp3) is 1.00. The van der Waals surface area contributed by atoms with Crippen molar-refractivity contribution < 1.29 is 0 Å². The number of piperazine rings is 1. The Morgan fingerprint density at radius 2 is 1.94 bits per heavy atom. The lowest BCUT2D eigenvalue weighted by atomic mass is 9.99. The molecule has 0 aliphatic carbocycles. The standard InChI is InChI=1S/C14H31N3/c1-6-8-13(15-7-2)11-17-10-9-16(5)14(3,4)12-17/h13,15H,6-12H2,1-5H3. The zero-order valence-electron chi connectivity index (χ0n) is 12.4. The molecular weight excluding hydrogens is 210 g/mol. The van der Waals surface area contributed by atoms with Gasteiger partial charge in [0.2, 0.25) is 0 Å². The lowest BCUT2D eigenvalue weighted by Crippen LogP contribution is -2.59. The van der Waals surface area contributed by atoms with E-state index in [1.54, 1.807) is 0 Å². The predicted molar refractivity (Wildman–Crippen MR) is 75.5 cm³/mol. The van der Waals surface area contributed by atoms with Crippen molar-refractivity contribution >= 4 is 0 Å². The Morgan fingerprint density at radius 1 is 1.24 bits per heavy atom. The maximum atomic E-state index is 3.61. The van der Waals surface area contributed by atoms with Crippen LogP contribution in [-0.4, -0.2) is 61.2 Å². The normalized spacial score (nSPS) is 23.8. The fourth-order valence-corrected chi connectivity index (χ4v) is 2.70. The van der Waals surface area contributed by atoms with Crippen LogP contribution in [-0.2, 0) is 0 Å². The van der Waals surface area contributed by atoms with Gasteiger partial charge < -0.3 is 5.32 Å². The first-order valence-electron chi connectivity index (χ1n) is 7.16. The second kappa shape index (κ2) is 6.72. The first kappa shape index (κ1) is 14.9. The Balaban J connectivity index is 2.44. The van der Waals surface area contributed by atoms with Crippen LogP contribution in [0.1, 0.15) is 40.5 Å². The number of nitrogens with one attached hydrogen (secondary N) is 1. The van der Waals surface area contributed by atoms with E-state index in [-0.39, 0.29) is 0 Å². The molecule has 1 fully saturated rings. The molecule has 0 aromatic heterocycles. The van der Waals surface area contributed by atoms with Crippen LogP contribution in [0.4, 0.5) is 0 Å². The van der Waals surface area contributed by atoms with Gasteiger partial charge in [-0.15, -0.1) is 0 Å². The molecule has 0 aromatic rings. The molecule has 1 heterocycles. The quantitative estimate of drug-likeness (QED) is 0.765. The Bertz CT molecular complexity index is 210. The van der Waals surface area contributed by atoms with Crippen LogP contribution < -0.4 is 5.32 Å². The van der Waals surface area contributed by atoms with Gasteiger partial charge in [0.05, 0.1) is 0 Å². The number of likely N-dealkylation sites (N-methyl/N-ethyl adjacent to an activating group) is 2. The molecule has 0 radical (unpaired) electrons. The van der Waals surface area contributed by atoms with Crippen LogP contribution in [0.15, 0.2) is 0 Å². The third-order valence-electron chi connectivity index (χ3n) is 4.00. The summed E-state index contributed by atoms with van der Waals surface area (Å²) in [6, 6.07) is 0.671. The van der Waals surface area contributed by atoms with Gasteiger partial charge in [0.1, 0.15) is 0 Å². The minimum Gasteiger partial charge on any atom is -0.313 e. The van der Waals surface area contributed by atoms with Crippen molar-refractivity contribution in [1.29, 1.82) is 0 Å². The molecule has 0 saturated carbocycles. The molecule has 0 amide bonds. The molecule has 17 heavy (non-hydrogen) atoms. The van der Waals surface area contributed by atoms with Crippen LogP contribution in [0.25, 0.3) is 0 Å². The summed E-state index contributed by atoms with van der Waals surface area (Å²) in [6.07, 6.45) is 2.56. The van der Waals surface area contributed by atoms with Crippen molar-refractivity contribution in [3.8, 4) is 0 Å². The van der Waals surface area contributed by atoms with E-state index >= 15 is 0 Å². The smallest absolute Gasteiger partial charge is 0.0277 e. The molecule has 1 rings (SSSR count).